The summed E-state index contributed by atoms with van der Waals surface area (Å²) >= 11 is 0. The van der Waals surface area contributed by atoms with Gasteiger partial charge in [0.15, 0.2) is 0 Å². The van der Waals surface area contributed by atoms with Crippen molar-refractivity contribution >= 4 is 0 Å². The highest BCUT2D eigenvalue weighted by atomic mass is 16.5. The molecule has 1 N–H and O–H groups in total. The fraction of sp³-hybridized carbons (Fsp3) is 1.00. The smallest absolute Gasteiger partial charge is 0.0576 e. The highest BCUT2D eigenvalue weighted by Gasteiger charge is 2.35. The Morgan fingerprint density at radius 2 is 2.05 bits per heavy atom. The molecule has 0 bridgehead atoms. The lowest BCUT2D eigenvalue weighted by atomic mass is 9.88. The fourth-order valence-corrected chi connectivity index (χ4v) is 3.82. The normalized spacial score (nSPS) is 30.8. The summed E-state index contributed by atoms with van der Waals surface area (Å²) < 4.78 is 5.75. The van der Waals surface area contributed by atoms with Crippen LogP contribution in [0.1, 0.15) is 65.7 Å². The first-order valence-corrected chi connectivity index (χ1v) is 8.83. The van der Waals surface area contributed by atoms with Crippen LogP contribution >= 0.6 is 0 Å². The molecule has 2 fully saturated rings. The quantitative estimate of drug-likeness (QED) is 0.776. The second-order valence-corrected chi connectivity index (χ2v) is 6.68. The van der Waals surface area contributed by atoms with E-state index in [2.05, 4.69) is 31.0 Å². The number of ether oxygens (including phenoxy) is 1. The van der Waals surface area contributed by atoms with Crippen LogP contribution in [-0.4, -0.2) is 48.8 Å². The fourth-order valence-electron chi connectivity index (χ4n) is 3.82. The van der Waals surface area contributed by atoms with Crippen molar-refractivity contribution < 1.29 is 4.74 Å². The van der Waals surface area contributed by atoms with Crippen LogP contribution < -0.4 is 5.32 Å². The number of hydrogen-bond acceptors (Lipinski definition) is 3. The SMILES string of the molecule is CCC1CNC(CC)(CC)CN1CCCC1CCCO1. The molecule has 2 unspecified atom stereocenters. The van der Waals surface area contributed by atoms with Crippen LogP contribution in [0.3, 0.4) is 0 Å². The topological polar surface area (TPSA) is 24.5 Å². The van der Waals surface area contributed by atoms with E-state index >= 15 is 0 Å². The van der Waals surface area contributed by atoms with Gasteiger partial charge in [-0.1, -0.05) is 20.8 Å². The van der Waals surface area contributed by atoms with Gasteiger partial charge in [0.05, 0.1) is 6.10 Å². The standard InChI is InChI=1S/C17H34N2O/c1-4-15-13-18-17(5-2,6-3)14-19(15)11-7-9-16-10-8-12-20-16/h15-16,18H,4-14H2,1-3H3. The second kappa shape index (κ2) is 7.77. The molecule has 0 aromatic rings. The zero-order valence-corrected chi connectivity index (χ0v) is 13.8. The maximum Gasteiger partial charge on any atom is 0.0576 e. The minimum absolute atomic E-state index is 0.357. The van der Waals surface area contributed by atoms with Gasteiger partial charge in [-0.05, 0) is 51.5 Å². The molecule has 2 atom stereocenters. The molecule has 0 aliphatic carbocycles. The number of nitrogens with one attached hydrogen (secondary N) is 1. The Hall–Kier alpha value is -0.120. The van der Waals surface area contributed by atoms with Gasteiger partial charge >= 0.3 is 0 Å². The summed E-state index contributed by atoms with van der Waals surface area (Å²) in [5, 5.41) is 3.83. The first-order chi connectivity index (χ1) is 9.73. The van der Waals surface area contributed by atoms with E-state index in [-0.39, 0.29) is 0 Å². The Kier molecular flexibility index (Phi) is 6.31. The third-order valence-electron chi connectivity index (χ3n) is 5.56. The third kappa shape index (κ3) is 3.96. The van der Waals surface area contributed by atoms with Crippen LogP contribution in [0, 0.1) is 0 Å². The van der Waals surface area contributed by atoms with E-state index in [4.69, 9.17) is 4.74 Å². The molecule has 0 amide bonds. The highest BCUT2D eigenvalue weighted by molar-refractivity contribution is 4.96. The molecule has 0 aromatic heterocycles. The molecule has 3 heteroatoms. The predicted molar refractivity (Wildman–Crippen MR) is 85.2 cm³/mol. The Morgan fingerprint density at radius 1 is 1.25 bits per heavy atom. The van der Waals surface area contributed by atoms with Gasteiger partial charge in [0.25, 0.3) is 0 Å². The minimum Gasteiger partial charge on any atom is -0.378 e. The van der Waals surface area contributed by atoms with Gasteiger partial charge in [-0.25, -0.2) is 0 Å². The van der Waals surface area contributed by atoms with Crippen molar-refractivity contribution in [2.75, 3.05) is 26.2 Å². The largest absolute Gasteiger partial charge is 0.378 e. The van der Waals surface area contributed by atoms with Crippen LogP contribution in [0.4, 0.5) is 0 Å². The molecule has 0 aromatic carbocycles. The zero-order chi connectivity index (χ0) is 14.4. The lowest BCUT2D eigenvalue weighted by Gasteiger charge is -2.47. The van der Waals surface area contributed by atoms with E-state index < -0.39 is 0 Å². The van der Waals surface area contributed by atoms with E-state index in [0.717, 1.165) is 19.2 Å². The number of piperazine rings is 1. The van der Waals surface area contributed by atoms with E-state index in [1.165, 1.54) is 58.0 Å². The van der Waals surface area contributed by atoms with Crippen molar-refractivity contribution in [2.45, 2.75) is 83.4 Å². The molecule has 2 rings (SSSR count). The Morgan fingerprint density at radius 3 is 2.65 bits per heavy atom. The van der Waals surface area contributed by atoms with Gasteiger partial charge in [0.1, 0.15) is 0 Å². The minimum atomic E-state index is 0.357. The lowest BCUT2D eigenvalue weighted by molar-refractivity contribution is 0.0595. The molecule has 3 nitrogen and oxygen atoms in total. The molecule has 2 saturated heterocycles. The van der Waals surface area contributed by atoms with E-state index in [1.54, 1.807) is 0 Å². The van der Waals surface area contributed by atoms with Crippen LogP contribution in [0.15, 0.2) is 0 Å². The summed E-state index contributed by atoms with van der Waals surface area (Å²) in [5.41, 5.74) is 0.357. The van der Waals surface area contributed by atoms with Crippen LogP contribution in [0.25, 0.3) is 0 Å². The molecule has 0 spiro atoms. The average Bonchev–Trinajstić information content (AvgIpc) is 3.00. The van der Waals surface area contributed by atoms with Gasteiger partial charge in [0, 0.05) is 31.3 Å². The monoisotopic (exact) mass is 282 g/mol. The Balaban J connectivity index is 1.81. The Bertz CT molecular complexity index is 272. The maximum atomic E-state index is 5.75. The molecule has 2 heterocycles. The van der Waals surface area contributed by atoms with Gasteiger partial charge in [0.2, 0.25) is 0 Å². The first kappa shape index (κ1) is 16.3. The molecule has 20 heavy (non-hydrogen) atoms. The molecule has 2 aliphatic heterocycles. The van der Waals surface area contributed by atoms with Crippen molar-refractivity contribution in [1.82, 2.24) is 10.2 Å². The summed E-state index contributed by atoms with van der Waals surface area (Å²) in [6.07, 6.45) is 9.40. The number of nitrogens with zero attached hydrogens (tertiary/aromatic N) is 1. The highest BCUT2D eigenvalue weighted by Crippen LogP contribution is 2.25. The molecular weight excluding hydrogens is 248 g/mol. The molecule has 0 saturated carbocycles. The summed E-state index contributed by atoms with van der Waals surface area (Å²) in [4.78, 5) is 2.75. The van der Waals surface area contributed by atoms with Gasteiger partial charge < -0.3 is 10.1 Å². The average molecular weight is 282 g/mol. The van der Waals surface area contributed by atoms with E-state index in [9.17, 15) is 0 Å². The maximum absolute atomic E-state index is 5.75. The zero-order valence-electron chi connectivity index (χ0n) is 13.8. The summed E-state index contributed by atoms with van der Waals surface area (Å²) in [6, 6.07) is 0.728. The molecule has 2 aliphatic rings. The summed E-state index contributed by atoms with van der Waals surface area (Å²) in [5.74, 6) is 0. The first-order valence-electron chi connectivity index (χ1n) is 8.83. The molecule has 0 radical (unpaired) electrons. The lowest BCUT2D eigenvalue weighted by Crippen LogP contribution is -2.63. The summed E-state index contributed by atoms with van der Waals surface area (Å²) in [7, 11) is 0. The predicted octanol–water partition coefficient (Wildman–Crippen LogP) is 3.19. The van der Waals surface area contributed by atoms with E-state index in [1.807, 2.05) is 0 Å². The molecule has 118 valence electrons. The van der Waals surface area contributed by atoms with E-state index in [0.29, 0.717) is 11.6 Å². The van der Waals surface area contributed by atoms with Crippen LogP contribution in [0.5, 0.6) is 0 Å². The second-order valence-electron chi connectivity index (χ2n) is 6.68. The van der Waals surface area contributed by atoms with Gasteiger partial charge in [-0.2, -0.15) is 0 Å². The van der Waals surface area contributed by atoms with Crippen molar-refractivity contribution in [3.63, 3.8) is 0 Å². The van der Waals surface area contributed by atoms with Crippen molar-refractivity contribution in [1.29, 1.82) is 0 Å². The van der Waals surface area contributed by atoms with Crippen molar-refractivity contribution in [3.05, 3.63) is 0 Å². The third-order valence-corrected chi connectivity index (χ3v) is 5.56. The van der Waals surface area contributed by atoms with Crippen molar-refractivity contribution in [3.8, 4) is 0 Å². The molecular formula is C17H34N2O. The van der Waals surface area contributed by atoms with Crippen molar-refractivity contribution in [2.24, 2.45) is 0 Å². The van der Waals surface area contributed by atoms with Gasteiger partial charge in [-0.3, -0.25) is 4.90 Å². The number of rotatable bonds is 7. The van der Waals surface area contributed by atoms with Gasteiger partial charge in [-0.15, -0.1) is 0 Å². The Labute approximate surface area is 125 Å². The van der Waals surface area contributed by atoms with Crippen LogP contribution in [0.2, 0.25) is 0 Å². The van der Waals surface area contributed by atoms with Crippen LogP contribution in [-0.2, 0) is 4.74 Å². The number of hydrogen-bond donors (Lipinski definition) is 1. The summed E-state index contributed by atoms with van der Waals surface area (Å²) in [6.45, 7) is 11.6.